The highest BCUT2D eigenvalue weighted by Gasteiger charge is 2.37. The fourth-order valence-corrected chi connectivity index (χ4v) is 4.95. The second kappa shape index (κ2) is 11.4. The van der Waals surface area contributed by atoms with Crippen LogP contribution in [-0.4, -0.2) is 60.0 Å². The summed E-state index contributed by atoms with van der Waals surface area (Å²) in [7, 11) is 2.95. The minimum Gasteiger partial charge on any atom is -0.495 e. The van der Waals surface area contributed by atoms with Crippen molar-refractivity contribution in [3.05, 3.63) is 63.8 Å². The van der Waals surface area contributed by atoms with Crippen LogP contribution in [0.2, 0.25) is 5.02 Å². The average molecular weight is 591 g/mol. The SMILES string of the molecule is COc1cc(C(=O)NC2CCNCC2)c(Cl)cc1Nc1ncc(C(F)(F)F)c(Oc2cccc3c2C(=O)N(C)C3)n1. The molecule has 2 aliphatic heterocycles. The van der Waals surface area contributed by atoms with Crippen LogP contribution in [0.3, 0.4) is 0 Å². The Hall–Kier alpha value is -4.10. The van der Waals surface area contributed by atoms with Gasteiger partial charge in [0.1, 0.15) is 17.1 Å². The van der Waals surface area contributed by atoms with Crippen LogP contribution < -0.4 is 25.4 Å². The number of hydrogen-bond acceptors (Lipinski definition) is 8. The lowest BCUT2D eigenvalue weighted by molar-refractivity contribution is -0.139. The van der Waals surface area contributed by atoms with Gasteiger partial charge in [-0.3, -0.25) is 9.59 Å². The van der Waals surface area contributed by atoms with Crippen molar-refractivity contribution in [2.24, 2.45) is 0 Å². The number of piperidine rings is 1. The Balaban J connectivity index is 1.44. The third-order valence-corrected chi connectivity index (χ3v) is 7.11. The van der Waals surface area contributed by atoms with E-state index in [1.807, 2.05) is 0 Å². The van der Waals surface area contributed by atoms with Gasteiger partial charge in [-0.25, -0.2) is 4.98 Å². The van der Waals surface area contributed by atoms with Crippen LogP contribution in [0, 0.1) is 0 Å². The van der Waals surface area contributed by atoms with Gasteiger partial charge in [0.05, 0.1) is 28.9 Å². The zero-order chi connectivity index (χ0) is 29.3. The van der Waals surface area contributed by atoms with Crippen LogP contribution in [-0.2, 0) is 12.7 Å². The van der Waals surface area contributed by atoms with Crippen LogP contribution in [0.15, 0.2) is 36.5 Å². The van der Waals surface area contributed by atoms with Gasteiger partial charge in [0.25, 0.3) is 11.8 Å². The molecule has 41 heavy (non-hydrogen) atoms. The monoisotopic (exact) mass is 590 g/mol. The second-order valence-corrected chi connectivity index (χ2v) is 10.0. The second-order valence-electron chi connectivity index (χ2n) is 9.62. The molecule has 0 atom stereocenters. The van der Waals surface area contributed by atoms with Crippen molar-refractivity contribution >= 4 is 35.1 Å². The van der Waals surface area contributed by atoms with E-state index in [4.69, 9.17) is 21.1 Å². The number of carbonyl (C=O) groups excluding carboxylic acids is 2. The first-order valence-electron chi connectivity index (χ1n) is 12.7. The number of benzene rings is 2. The van der Waals surface area contributed by atoms with Crippen molar-refractivity contribution in [1.29, 1.82) is 0 Å². The molecule has 0 bridgehead atoms. The fraction of sp³-hybridized carbons (Fsp3) is 0.333. The smallest absolute Gasteiger partial charge is 0.423 e. The molecule has 2 aromatic carbocycles. The van der Waals surface area contributed by atoms with Crippen LogP contribution in [0.4, 0.5) is 24.8 Å². The van der Waals surface area contributed by atoms with E-state index in [1.54, 1.807) is 19.2 Å². The summed E-state index contributed by atoms with van der Waals surface area (Å²) in [6.07, 6.45) is -2.69. The van der Waals surface area contributed by atoms with E-state index in [0.29, 0.717) is 18.3 Å². The number of halogens is 4. The van der Waals surface area contributed by atoms with E-state index >= 15 is 0 Å². The molecule has 1 saturated heterocycles. The Kier molecular flexibility index (Phi) is 7.91. The maximum atomic E-state index is 13.8. The minimum absolute atomic E-state index is 0.00381. The van der Waals surface area contributed by atoms with Crippen LogP contribution >= 0.6 is 11.6 Å². The number of nitrogens with zero attached hydrogens (tertiary/aromatic N) is 3. The molecule has 0 unspecified atom stereocenters. The van der Waals surface area contributed by atoms with Gasteiger partial charge in [-0.05, 0) is 49.7 Å². The summed E-state index contributed by atoms with van der Waals surface area (Å²) in [6.45, 7) is 1.90. The van der Waals surface area contributed by atoms with Gasteiger partial charge in [0.15, 0.2) is 0 Å². The molecule has 3 aromatic rings. The molecule has 5 rings (SSSR count). The summed E-state index contributed by atoms with van der Waals surface area (Å²) in [4.78, 5) is 34.7. The summed E-state index contributed by atoms with van der Waals surface area (Å²) < 4.78 is 52.6. The molecule has 0 aliphatic carbocycles. The third kappa shape index (κ3) is 6.00. The number of anilines is 2. The van der Waals surface area contributed by atoms with Crippen LogP contribution in [0.25, 0.3) is 0 Å². The Morgan fingerprint density at radius 2 is 1.95 bits per heavy atom. The zero-order valence-electron chi connectivity index (χ0n) is 22.1. The van der Waals surface area contributed by atoms with Gasteiger partial charge >= 0.3 is 6.18 Å². The number of alkyl halides is 3. The molecule has 0 spiro atoms. The van der Waals surface area contributed by atoms with Gasteiger partial charge < -0.3 is 30.3 Å². The first-order valence-corrected chi connectivity index (χ1v) is 13.1. The van der Waals surface area contributed by atoms with Crippen molar-refractivity contribution in [2.75, 3.05) is 32.6 Å². The molecule has 0 saturated carbocycles. The minimum atomic E-state index is -4.84. The van der Waals surface area contributed by atoms with E-state index in [2.05, 4.69) is 25.9 Å². The van der Waals surface area contributed by atoms with Crippen molar-refractivity contribution in [3.8, 4) is 17.4 Å². The molecular weight excluding hydrogens is 565 g/mol. The molecule has 14 heteroatoms. The molecule has 10 nitrogen and oxygen atoms in total. The van der Waals surface area contributed by atoms with Crippen LogP contribution in [0.1, 0.15) is 44.7 Å². The van der Waals surface area contributed by atoms with Crippen molar-refractivity contribution in [2.45, 2.75) is 31.6 Å². The maximum absolute atomic E-state index is 13.8. The van der Waals surface area contributed by atoms with E-state index in [9.17, 15) is 22.8 Å². The standard InChI is InChI=1S/C27H26ClF3N6O4/c1-37-13-14-4-3-5-20(22(14)25(37)39)41-24-17(27(29,30)31)12-33-26(36-24)35-19-11-18(28)16(10-21(19)40-2)23(38)34-15-6-8-32-9-7-15/h3-5,10-12,15,32H,6-9,13H2,1-2H3,(H,34,38)(H,33,35,36). The molecule has 3 N–H and O–H groups in total. The summed E-state index contributed by atoms with van der Waals surface area (Å²) >= 11 is 6.42. The van der Waals surface area contributed by atoms with Crippen molar-refractivity contribution < 1.29 is 32.2 Å². The fourth-order valence-electron chi connectivity index (χ4n) is 4.70. The summed E-state index contributed by atoms with van der Waals surface area (Å²) in [5, 5.41) is 9.06. The Labute approximate surface area is 238 Å². The summed E-state index contributed by atoms with van der Waals surface area (Å²) in [5.74, 6) is -1.68. The lowest BCUT2D eigenvalue weighted by atomic mass is 10.1. The Morgan fingerprint density at radius 3 is 2.66 bits per heavy atom. The predicted molar refractivity (Wildman–Crippen MR) is 144 cm³/mol. The number of aromatic nitrogens is 2. The van der Waals surface area contributed by atoms with Crippen molar-refractivity contribution in [1.82, 2.24) is 25.5 Å². The molecule has 0 radical (unpaired) electrons. The number of ether oxygens (including phenoxy) is 2. The van der Waals surface area contributed by atoms with Crippen molar-refractivity contribution in [3.63, 3.8) is 0 Å². The number of methoxy groups -OCH3 is 1. The molecule has 216 valence electrons. The number of rotatable bonds is 7. The molecular formula is C27H26ClF3N6O4. The summed E-state index contributed by atoms with van der Waals surface area (Å²) in [6, 6.07) is 7.53. The largest absolute Gasteiger partial charge is 0.495 e. The highest BCUT2D eigenvalue weighted by Crippen LogP contribution is 2.40. The normalized spacial score (nSPS) is 15.5. The molecule has 3 heterocycles. The van der Waals surface area contributed by atoms with E-state index in [1.165, 1.54) is 30.2 Å². The van der Waals surface area contributed by atoms with E-state index < -0.39 is 17.6 Å². The molecule has 1 aromatic heterocycles. The Morgan fingerprint density at radius 1 is 1.20 bits per heavy atom. The number of amides is 2. The number of nitrogens with one attached hydrogen (secondary N) is 3. The van der Waals surface area contributed by atoms with Crippen LogP contribution in [0.5, 0.6) is 17.4 Å². The quantitative estimate of drug-likeness (QED) is 0.361. The first kappa shape index (κ1) is 28.4. The number of hydrogen-bond donors (Lipinski definition) is 3. The third-order valence-electron chi connectivity index (χ3n) is 6.80. The topological polar surface area (TPSA) is 118 Å². The average Bonchev–Trinajstić information content (AvgIpc) is 3.22. The van der Waals surface area contributed by atoms with Gasteiger partial charge in [0.2, 0.25) is 11.8 Å². The van der Waals surface area contributed by atoms with Gasteiger partial charge in [-0.15, -0.1) is 0 Å². The highest BCUT2D eigenvalue weighted by molar-refractivity contribution is 6.34. The Bertz CT molecular complexity index is 1500. The zero-order valence-corrected chi connectivity index (χ0v) is 22.8. The molecule has 1 fully saturated rings. The lowest BCUT2D eigenvalue weighted by Gasteiger charge is -2.24. The lowest BCUT2D eigenvalue weighted by Crippen LogP contribution is -2.42. The predicted octanol–water partition coefficient (Wildman–Crippen LogP) is 4.76. The molecule has 2 amide bonds. The van der Waals surface area contributed by atoms with E-state index in [0.717, 1.165) is 25.9 Å². The van der Waals surface area contributed by atoms with Gasteiger partial charge in [-0.2, -0.15) is 18.2 Å². The number of fused-ring (bicyclic) bond motifs is 1. The molecule has 2 aliphatic rings. The van der Waals surface area contributed by atoms with E-state index in [-0.39, 0.29) is 57.1 Å². The highest BCUT2D eigenvalue weighted by atomic mass is 35.5. The number of carbonyl (C=O) groups is 2. The first-order chi connectivity index (χ1) is 19.5. The van der Waals surface area contributed by atoms with Gasteiger partial charge in [0, 0.05) is 25.8 Å². The summed E-state index contributed by atoms with van der Waals surface area (Å²) in [5.41, 5.74) is -0.0476. The maximum Gasteiger partial charge on any atom is 0.423 e. The van der Waals surface area contributed by atoms with Gasteiger partial charge in [-0.1, -0.05) is 23.7 Å².